The van der Waals surface area contributed by atoms with Crippen molar-refractivity contribution in [2.45, 2.75) is 23.9 Å². The van der Waals surface area contributed by atoms with Crippen molar-refractivity contribution in [1.82, 2.24) is 43.5 Å². The molecule has 2 fully saturated rings. The van der Waals surface area contributed by atoms with Crippen LogP contribution in [-0.4, -0.2) is 84.1 Å². The highest BCUT2D eigenvalue weighted by Crippen LogP contribution is 2.31. The van der Waals surface area contributed by atoms with E-state index < -0.39 is 10.0 Å². The van der Waals surface area contributed by atoms with Gasteiger partial charge in [-0.3, -0.25) is 9.58 Å². The Morgan fingerprint density at radius 2 is 1.91 bits per heavy atom. The minimum absolute atomic E-state index is 0.123. The number of fused-ring (bicyclic) bond motifs is 1. The lowest BCUT2D eigenvalue weighted by atomic mass is 9.98. The van der Waals surface area contributed by atoms with Gasteiger partial charge in [0.2, 0.25) is 0 Å². The third kappa shape index (κ3) is 3.54. The van der Waals surface area contributed by atoms with Gasteiger partial charge in [-0.25, -0.2) is 23.4 Å². The van der Waals surface area contributed by atoms with Crippen LogP contribution in [0.15, 0.2) is 48.5 Å². The molecule has 4 aromatic heterocycles. The van der Waals surface area contributed by atoms with Gasteiger partial charge in [0, 0.05) is 68.8 Å². The van der Waals surface area contributed by atoms with Gasteiger partial charge < -0.3 is 9.55 Å². The van der Waals surface area contributed by atoms with Crippen LogP contribution in [0.25, 0.3) is 22.3 Å². The zero-order valence-corrected chi connectivity index (χ0v) is 19.0. The second-order valence-electron chi connectivity index (χ2n) is 8.62. The Morgan fingerprint density at radius 3 is 2.67 bits per heavy atom. The van der Waals surface area contributed by atoms with Crippen molar-refractivity contribution in [2.24, 2.45) is 7.05 Å². The van der Waals surface area contributed by atoms with Gasteiger partial charge in [-0.15, -0.1) is 0 Å². The van der Waals surface area contributed by atoms with E-state index >= 15 is 0 Å². The number of nitrogens with one attached hydrogen (secondary N) is 1. The molecular formula is C21H24N9O2S. The van der Waals surface area contributed by atoms with E-state index in [4.69, 9.17) is 0 Å². The molecular weight excluding hydrogens is 442 g/mol. The maximum atomic E-state index is 12.8. The Bertz CT molecular complexity index is 1390. The zero-order valence-electron chi connectivity index (χ0n) is 18.2. The molecule has 1 radical (unpaired) electrons. The van der Waals surface area contributed by atoms with E-state index in [-0.39, 0.29) is 5.03 Å². The van der Waals surface area contributed by atoms with E-state index in [0.717, 1.165) is 48.2 Å². The molecule has 0 aromatic carbocycles. The molecule has 0 atom stereocenters. The van der Waals surface area contributed by atoms with Crippen LogP contribution in [0.1, 0.15) is 12.8 Å². The molecule has 12 heteroatoms. The third-order valence-electron chi connectivity index (χ3n) is 6.53. The lowest BCUT2D eigenvalue weighted by Gasteiger charge is -2.46. The molecule has 2 aliphatic rings. The van der Waals surface area contributed by atoms with Crippen LogP contribution < -0.4 is 0 Å². The van der Waals surface area contributed by atoms with Crippen LogP contribution in [0.3, 0.4) is 0 Å². The Kier molecular flexibility index (Phi) is 4.82. The van der Waals surface area contributed by atoms with Crippen molar-refractivity contribution in [1.29, 1.82) is 0 Å². The van der Waals surface area contributed by atoms with Crippen molar-refractivity contribution in [3.63, 3.8) is 0 Å². The van der Waals surface area contributed by atoms with Gasteiger partial charge in [0.15, 0.2) is 5.03 Å². The lowest BCUT2D eigenvalue weighted by Crippen LogP contribution is -2.56. The highest BCUT2D eigenvalue weighted by molar-refractivity contribution is 7.89. The summed E-state index contributed by atoms with van der Waals surface area (Å²) in [5.74, 6) is 0. The smallest absolute Gasteiger partial charge is 0.262 e. The second kappa shape index (κ2) is 7.75. The molecule has 0 unspecified atom stereocenters. The normalized spacial score (nSPS) is 19.3. The van der Waals surface area contributed by atoms with E-state index in [2.05, 4.69) is 29.9 Å². The summed E-state index contributed by atoms with van der Waals surface area (Å²) in [6.07, 6.45) is 12.0. The Labute approximate surface area is 191 Å². The number of nitrogens with zero attached hydrogens (tertiary/aromatic N) is 8. The first-order valence-electron chi connectivity index (χ1n) is 10.9. The standard InChI is InChI=1S/C21H24N9O2S/c1-27-12-19(25-14-27)33(31,32)29-6-3-16(4-7-29)28-10-17(11-28)30-9-15(8-26-30)20-18-2-5-22-21(18)24-13-23-20/h2,5,8-9,12-14,16H,3-4,6-7,10-11H2,1H3,(H,22,23,24). The van der Waals surface area contributed by atoms with E-state index in [0.29, 0.717) is 19.1 Å². The number of hydrogen-bond acceptors (Lipinski definition) is 7. The number of hydrogen-bond donors (Lipinski definition) is 1. The number of likely N-dealkylation sites (tertiary alicyclic amines) is 1. The predicted molar refractivity (Wildman–Crippen MR) is 120 cm³/mol. The van der Waals surface area contributed by atoms with Crippen LogP contribution in [-0.2, 0) is 17.1 Å². The highest BCUT2D eigenvalue weighted by atomic mass is 32.2. The molecule has 2 aliphatic heterocycles. The summed E-state index contributed by atoms with van der Waals surface area (Å²) in [5, 5.41) is 5.65. The average molecular weight is 467 g/mol. The molecule has 2 saturated heterocycles. The Balaban J connectivity index is 1.07. The first-order valence-corrected chi connectivity index (χ1v) is 12.3. The van der Waals surface area contributed by atoms with Gasteiger partial charge >= 0.3 is 0 Å². The van der Waals surface area contributed by atoms with Crippen molar-refractivity contribution in [2.75, 3.05) is 26.2 Å². The number of aryl methyl sites for hydroxylation is 1. The molecule has 11 nitrogen and oxygen atoms in total. The van der Waals surface area contributed by atoms with E-state index in [1.54, 1.807) is 28.4 Å². The lowest BCUT2D eigenvalue weighted by molar-refractivity contribution is 0.0883. The molecule has 0 bridgehead atoms. The van der Waals surface area contributed by atoms with Gasteiger partial charge in [0.05, 0.1) is 18.2 Å². The molecule has 0 amide bonds. The Morgan fingerprint density at radius 1 is 1.09 bits per heavy atom. The average Bonchev–Trinajstić information content (AvgIpc) is 3.53. The van der Waals surface area contributed by atoms with Crippen LogP contribution in [0.4, 0.5) is 0 Å². The molecule has 0 spiro atoms. The summed E-state index contributed by atoms with van der Waals surface area (Å²) >= 11 is 0. The summed E-state index contributed by atoms with van der Waals surface area (Å²) in [6, 6.07) is 3.57. The third-order valence-corrected chi connectivity index (χ3v) is 8.31. The first kappa shape index (κ1) is 20.5. The number of imidazole rings is 1. The van der Waals surface area contributed by atoms with Gasteiger partial charge in [-0.05, 0) is 18.9 Å². The summed E-state index contributed by atoms with van der Waals surface area (Å²) in [7, 11) is -1.75. The van der Waals surface area contributed by atoms with E-state index in [9.17, 15) is 8.42 Å². The highest BCUT2D eigenvalue weighted by Gasteiger charge is 2.38. The summed E-state index contributed by atoms with van der Waals surface area (Å²) in [4.78, 5) is 18.2. The number of aromatic nitrogens is 7. The minimum Gasteiger partial charge on any atom is -0.346 e. The minimum atomic E-state index is -3.52. The molecule has 171 valence electrons. The van der Waals surface area contributed by atoms with Gasteiger partial charge in [-0.1, -0.05) is 0 Å². The fourth-order valence-corrected chi connectivity index (χ4v) is 6.08. The maximum Gasteiger partial charge on any atom is 0.262 e. The fraction of sp³-hybridized carbons (Fsp3) is 0.381. The van der Waals surface area contributed by atoms with Crippen molar-refractivity contribution in [3.05, 3.63) is 49.6 Å². The number of H-pyrrole nitrogens is 1. The number of aromatic amines is 1. The molecule has 6 heterocycles. The SMILES string of the molecule is Cn1cnc(S(=O)(=O)N2CCC(N3C[C](n4cc(-c5ncnc6[nH]ccc56)cn4)C3)CC2)c1. The monoisotopic (exact) mass is 466 g/mol. The number of piperidine rings is 1. The van der Waals surface area contributed by atoms with Gasteiger partial charge in [0.1, 0.15) is 18.0 Å². The largest absolute Gasteiger partial charge is 0.346 e. The number of rotatable bonds is 5. The quantitative estimate of drug-likeness (QED) is 0.468. The van der Waals surface area contributed by atoms with Gasteiger partial charge in [-0.2, -0.15) is 9.40 Å². The zero-order chi connectivity index (χ0) is 22.6. The first-order chi connectivity index (χ1) is 16.0. The van der Waals surface area contributed by atoms with Crippen LogP contribution in [0, 0.1) is 6.04 Å². The summed E-state index contributed by atoms with van der Waals surface area (Å²) in [6.45, 7) is 2.70. The fourth-order valence-electron chi connectivity index (χ4n) is 4.65. The topological polar surface area (TPSA) is 118 Å². The van der Waals surface area contributed by atoms with Gasteiger partial charge in [0.25, 0.3) is 10.0 Å². The molecule has 0 aliphatic carbocycles. The predicted octanol–water partition coefficient (Wildman–Crippen LogP) is 1.10. The molecule has 6 rings (SSSR count). The van der Waals surface area contributed by atoms with E-state index in [1.807, 2.05) is 29.3 Å². The van der Waals surface area contributed by atoms with E-state index in [1.165, 1.54) is 12.4 Å². The molecule has 33 heavy (non-hydrogen) atoms. The Hall–Kier alpha value is -3.09. The number of sulfonamides is 1. The molecule has 1 N–H and O–H groups in total. The van der Waals surface area contributed by atoms with Crippen molar-refractivity contribution in [3.8, 4) is 11.3 Å². The van der Waals surface area contributed by atoms with Crippen LogP contribution >= 0.6 is 0 Å². The second-order valence-corrected chi connectivity index (χ2v) is 10.5. The maximum absolute atomic E-state index is 12.8. The summed E-state index contributed by atoms with van der Waals surface area (Å²) < 4.78 is 30.7. The van der Waals surface area contributed by atoms with Crippen LogP contribution in [0.5, 0.6) is 0 Å². The van der Waals surface area contributed by atoms with Crippen molar-refractivity contribution >= 4 is 21.1 Å². The van der Waals surface area contributed by atoms with Crippen molar-refractivity contribution < 1.29 is 8.42 Å². The molecule has 4 aromatic rings. The molecule has 0 saturated carbocycles. The van der Waals surface area contributed by atoms with Crippen LogP contribution in [0.2, 0.25) is 0 Å². The summed E-state index contributed by atoms with van der Waals surface area (Å²) in [5.41, 5.74) is 2.64.